The van der Waals surface area contributed by atoms with E-state index in [0.29, 0.717) is 0 Å². The van der Waals surface area contributed by atoms with Crippen molar-refractivity contribution < 1.29 is 0 Å². The number of hydrogen-bond donors (Lipinski definition) is 2. The zero-order chi connectivity index (χ0) is 23.9. The molecule has 0 aliphatic rings. The third-order valence-electron chi connectivity index (χ3n) is 5.92. The highest BCUT2D eigenvalue weighted by molar-refractivity contribution is 5.70. The number of H-pyrrole nitrogens is 2. The first-order valence-electron chi connectivity index (χ1n) is 11.4. The lowest BCUT2D eigenvalue weighted by Crippen LogP contribution is -2.21. The van der Waals surface area contributed by atoms with E-state index in [9.17, 15) is 0 Å². The highest BCUT2D eigenvalue weighted by Gasteiger charge is 2.08. The molecule has 0 aliphatic carbocycles. The van der Waals surface area contributed by atoms with Gasteiger partial charge in [-0.15, -0.1) is 0 Å². The summed E-state index contributed by atoms with van der Waals surface area (Å²) in [6.45, 7) is 12.1. The van der Waals surface area contributed by atoms with Crippen molar-refractivity contribution in [2.45, 2.75) is 26.7 Å². The quantitative estimate of drug-likeness (QED) is 0.357. The molecule has 0 bridgehead atoms. The maximum Gasteiger partial charge on any atom is 0.116 e. The predicted molar refractivity (Wildman–Crippen MR) is 143 cm³/mol. The fraction of sp³-hybridized carbons (Fsp3) is 0.133. The van der Waals surface area contributed by atoms with Crippen LogP contribution in [0.4, 0.5) is 0 Å². The van der Waals surface area contributed by atoms with E-state index in [4.69, 9.17) is 0 Å². The summed E-state index contributed by atoms with van der Waals surface area (Å²) in [7, 11) is 0. The van der Waals surface area contributed by atoms with Crippen molar-refractivity contribution in [3.8, 4) is 11.4 Å². The van der Waals surface area contributed by atoms with Crippen molar-refractivity contribution in [3.63, 3.8) is 0 Å². The summed E-state index contributed by atoms with van der Waals surface area (Å²) in [6, 6.07) is 14.9. The maximum atomic E-state index is 4.50. The van der Waals surface area contributed by atoms with Crippen molar-refractivity contribution in [3.05, 3.63) is 118 Å². The standard InChI is InChI=1S/C30H30N4/c1-5-6-12-26-18-29(32-23(26)4)30-22(3)28(33-34-30)16-13-21(2)27-17-25(19-31-20-27)15-14-24-10-8-7-9-11-24/h5-13,16-20,32-33H,1,3,14-15H2,2,4H3/b12-6-,21-13+,28-16+. The zero-order valence-electron chi connectivity index (χ0n) is 19.8. The first kappa shape index (κ1) is 23.0. The lowest BCUT2D eigenvalue weighted by atomic mass is 10.0. The third kappa shape index (κ3) is 5.41. The lowest BCUT2D eigenvalue weighted by Gasteiger charge is -2.05. The van der Waals surface area contributed by atoms with Gasteiger partial charge in [-0.1, -0.05) is 67.8 Å². The Balaban J connectivity index is 1.53. The molecule has 170 valence electrons. The molecule has 4 rings (SSSR count). The van der Waals surface area contributed by atoms with Crippen LogP contribution in [0.5, 0.6) is 0 Å². The number of allylic oxidation sites excluding steroid dienone is 4. The van der Waals surface area contributed by atoms with Crippen molar-refractivity contribution in [1.29, 1.82) is 0 Å². The van der Waals surface area contributed by atoms with Crippen LogP contribution in [0.1, 0.15) is 34.9 Å². The molecule has 4 heteroatoms. The molecule has 0 unspecified atom stereocenters. The van der Waals surface area contributed by atoms with Crippen LogP contribution in [0.2, 0.25) is 0 Å². The lowest BCUT2D eigenvalue weighted by molar-refractivity contribution is 0.948. The molecule has 0 radical (unpaired) electrons. The molecule has 4 nitrogen and oxygen atoms in total. The maximum absolute atomic E-state index is 4.50. The smallest absolute Gasteiger partial charge is 0.116 e. The van der Waals surface area contributed by atoms with Crippen molar-refractivity contribution in [2.24, 2.45) is 0 Å². The molecule has 0 atom stereocenters. The minimum Gasteiger partial charge on any atom is -0.357 e. The molecule has 2 N–H and O–H groups in total. The molecule has 0 aliphatic heterocycles. The van der Waals surface area contributed by atoms with Crippen LogP contribution in [0, 0.1) is 6.92 Å². The summed E-state index contributed by atoms with van der Waals surface area (Å²) in [5, 5.41) is 9.37. The number of nitrogens with zero attached hydrogens (tertiary/aromatic N) is 2. The molecular formula is C30H30N4. The number of rotatable bonds is 8. The van der Waals surface area contributed by atoms with Crippen LogP contribution < -0.4 is 10.6 Å². The summed E-state index contributed by atoms with van der Waals surface area (Å²) in [5.41, 5.74) is 8.78. The van der Waals surface area contributed by atoms with Crippen LogP contribution in [0.15, 0.2) is 79.7 Å². The topological polar surface area (TPSA) is 57.4 Å². The van der Waals surface area contributed by atoms with E-state index < -0.39 is 0 Å². The number of hydrogen-bond acceptors (Lipinski definition) is 2. The average Bonchev–Trinajstić information content (AvgIpc) is 3.42. The molecule has 0 saturated heterocycles. The summed E-state index contributed by atoms with van der Waals surface area (Å²) in [5.74, 6) is 0. The fourth-order valence-electron chi connectivity index (χ4n) is 3.86. The molecule has 0 spiro atoms. The predicted octanol–water partition coefficient (Wildman–Crippen LogP) is 5.39. The van der Waals surface area contributed by atoms with Gasteiger partial charge in [0.1, 0.15) is 5.69 Å². The number of aryl methyl sites for hydroxylation is 3. The van der Waals surface area contributed by atoms with Gasteiger partial charge in [-0.25, -0.2) is 0 Å². The Labute approximate surface area is 200 Å². The van der Waals surface area contributed by atoms with Gasteiger partial charge in [0.25, 0.3) is 0 Å². The molecule has 4 aromatic rings. The van der Waals surface area contributed by atoms with Gasteiger partial charge in [-0.2, -0.15) is 5.10 Å². The van der Waals surface area contributed by atoms with Crippen LogP contribution in [-0.4, -0.2) is 20.2 Å². The van der Waals surface area contributed by atoms with Crippen molar-refractivity contribution in [2.75, 3.05) is 0 Å². The van der Waals surface area contributed by atoms with Gasteiger partial charge in [0.2, 0.25) is 0 Å². The van der Waals surface area contributed by atoms with Crippen LogP contribution in [0.25, 0.3) is 35.7 Å². The number of aromatic amines is 2. The summed E-state index contributed by atoms with van der Waals surface area (Å²) >= 11 is 0. The number of pyridine rings is 1. The number of nitrogens with one attached hydrogen (secondary N) is 2. The van der Waals surface area contributed by atoms with Crippen LogP contribution >= 0.6 is 0 Å². The summed E-state index contributed by atoms with van der Waals surface area (Å²) in [4.78, 5) is 7.86. The molecule has 3 aromatic heterocycles. The molecule has 3 heterocycles. The van der Waals surface area contributed by atoms with Gasteiger partial charge < -0.3 is 4.98 Å². The van der Waals surface area contributed by atoms with E-state index >= 15 is 0 Å². The second-order valence-corrected chi connectivity index (χ2v) is 8.41. The van der Waals surface area contributed by atoms with E-state index in [2.05, 4.69) is 82.7 Å². The van der Waals surface area contributed by atoms with Crippen LogP contribution in [-0.2, 0) is 12.8 Å². The Morgan fingerprint density at radius 3 is 2.65 bits per heavy atom. The largest absolute Gasteiger partial charge is 0.357 e. The van der Waals surface area contributed by atoms with E-state index in [0.717, 1.165) is 57.2 Å². The SMILES string of the molecule is C=C/C=C\c1cc(-c2n[nH]/c(=C/C=C(\C)c3cncc(CCc4ccccc4)c3)c2=C)[nH]c1C. The third-order valence-corrected chi connectivity index (χ3v) is 5.92. The van der Waals surface area contributed by atoms with Crippen molar-refractivity contribution >= 4 is 24.3 Å². The van der Waals surface area contributed by atoms with Gasteiger partial charge in [0.15, 0.2) is 0 Å². The summed E-state index contributed by atoms with van der Waals surface area (Å²) < 4.78 is 0. The fourth-order valence-corrected chi connectivity index (χ4v) is 3.86. The first-order chi connectivity index (χ1) is 16.5. The average molecular weight is 447 g/mol. The Bertz CT molecular complexity index is 1450. The van der Waals surface area contributed by atoms with Crippen molar-refractivity contribution in [1.82, 2.24) is 20.2 Å². The van der Waals surface area contributed by atoms with Gasteiger partial charge in [-0.3, -0.25) is 10.1 Å². The van der Waals surface area contributed by atoms with Crippen LogP contribution in [0.3, 0.4) is 0 Å². The van der Waals surface area contributed by atoms with Gasteiger partial charge in [0.05, 0.1) is 11.0 Å². The van der Waals surface area contributed by atoms with E-state index in [1.807, 2.05) is 43.6 Å². The zero-order valence-corrected chi connectivity index (χ0v) is 19.8. The molecule has 0 fully saturated rings. The highest BCUT2D eigenvalue weighted by atomic mass is 15.1. The molecular weight excluding hydrogens is 416 g/mol. The Morgan fingerprint density at radius 1 is 1.06 bits per heavy atom. The second-order valence-electron chi connectivity index (χ2n) is 8.41. The van der Waals surface area contributed by atoms with E-state index in [1.165, 1.54) is 11.1 Å². The van der Waals surface area contributed by atoms with E-state index in [1.54, 1.807) is 6.08 Å². The molecule has 0 saturated carbocycles. The highest BCUT2D eigenvalue weighted by Crippen LogP contribution is 2.18. The molecule has 0 amide bonds. The summed E-state index contributed by atoms with van der Waals surface area (Å²) in [6.07, 6.45) is 15.7. The number of aromatic nitrogens is 4. The minimum atomic E-state index is 0.822. The minimum absolute atomic E-state index is 0.822. The Hall–Kier alpha value is -4.18. The Morgan fingerprint density at radius 2 is 1.85 bits per heavy atom. The normalized spacial score (nSPS) is 12.5. The Kier molecular flexibility index (Phi) is 7.19. The first-order valence-corrected chi connectivity index (χ1v) is 11.4. The van der Waals surface area contributed by atoms with Gasteiger partial charge in [-0.05, 0) is 72.7 Å². The van der Waals surface area contributed by atoms with E-state index in [-0.39, 0.29) is 0 Å². The molecule has 1 aromatic carbocycles. The number of benzene rings is 1. The monoisotopic (exact) mass is 446 g/mol. The second kappa shape index (κ2) is 10.6. The van der Waals surface area contributed by atoms with Gasteiger partial charge in [0, 0.05) is 23.3 Å². The molecule has 34 heavy (non-hydrogen) atoms. The van der Waals surface area contributed by atoms with Gasteiger partial charge >= 0.3 is 0 Å².